The fourth-order valence-electron chi connectivity index (χ4n) is 1.92. The maximum atomic E-state index is 5.66. The van der Waals surface area contributed by atoms with Gasteiger partial charge in [0.05, 0.1) is 14.6 Å². The first kappa shape index (κ1) is 9.48. The van der Waals surface area contributed by atoms with Crippen LogP contribution in [0.4, 0.5) is 0 Å². The number of aromatic nitrogens is 1. The first-order chi connectivity index (χ1) is 7.24. The van der Waals surface area contributed by atoms with Crippen molar-refractivity contribution in [2.24, 2.45) is 0 Å². The van der Waals surface area contributed by atoms with Crippen molar-refractivity contribution in [2.45, 2.75) is 12.8 Å². The zero-order valence-electron chi connectivity index (χ0n) is 8.21. The number of hydrogen-bond acceptors (Lipinski definition) is 2. The normalized spacial score (nSPS) is 18.9. The van der Waals surface area contributed by atoms with Gasteiger partial charge in [-0.2, -0.15) is 0 Å². The monoisotopic (exact) mass is 283 g/mol. The summed E-state index contributed by atoms with van der Waals surface area (Å²) < 4.78 is 6.80. The number of nitrogens with one attached hydrogen (secondary N) is 1. The van der Waals surface area contributed by atoms with Gasteiger partial charge in [0, 0.05) is 17.5 Å². The second-order valence-electron chi connectivity index (χ2n) is 3.74. The van der Waals surface area contributed by atoms with Crippen LogP contribution in [0.1, 0.15) is 22.2 Å². The lowest BCUT2D eigenvalue weighted by Gasteiger charge is -2.04. The molecule has 1 aliphatic rings. The number of H-pyrrole nitrogens is 1. The van der Waals surface area contributed by atoms with Gasteiger partial charge in [0.1, 0.15) is 12.4 Å². The molecule has 0 saturated carbocycles. The standard InChI is InChI=1S/C11H10BrNOS/c1-6-2-3-8(13-6)7-5-14-9-4-10(12)15-11(7)9/h2-4,7,13H,5H2,1H3. The van der Waals surface area contributed by atoms with Gasteiger partial charge in [-0.15, -0.1) is 11.3 Å². The van der Waals surface area contributed by atoms with Crippen molar-refractivity contribution in [3.05, 3.63) is 38.3 Å². The van der Waals surface area contributed by atoms with Crippen molar-refractivity contribution >= 4 is 27.3 Å². The largest absolute Gasteiger partial charge is 0.491 e. The highest BCUT2D eigenvalue weighted by atomic mass is 79.9. The number of rotatable bonds is 1. The molecule has 15 heavy (non-hydrogen) atoms. The Bertz CT molecular complexity index is 502. The number of thiophene rings is 1. The molecule has 0 spiro atoms. The predicted octanol–water partition coefficient (Wildman–Crippen LogP) is 3.67. The fourth-order valence-corrected chi connectivity index (χ4v) is 3.59. The van der Waals surface area contributed by atoms with Crippen molar-refractivity contribution in [1.29, 1.82) is 0 Å². The van der Waals surface area contributed by atoms with E-state index in [9.17, 15) is 0 Å². The van der Waals surface area contributed by atoms with Crippen molar-refractivity contribution in [2.75, 3.05) is 6.61 Å². The quantitative estimate of drug-likeness (QED) is 0.849. The molecule has 0 aliphatic carbocycles. The van der Waals surface area contributed by atoms with Crippen LogP contribution < -0.4 is 4.74 Å². The summed E-state index contributed by atoms with van der Waals surface area (Å²) in [4.78, 5) is 4.70. The molecule has 1 unspecified atom stereocenters. The molecule has 0 amide bonds. The van der Waals surface area contributed by atoms with Gasteiger partial charge in [-0.1, -0.05) is 0 Å². The number of aromatic amines is 1. The van der Waals surface area contributed by atoms with E-state index < -0.39 is 0 Å². The molecular weight excluding hydrogens is 274 g/mol. The summed E-state index contributed by atoms with van der Waals surface area (Å²) in [6.45, 7) is 2.83. The summed E-state index contributed by atoms with van der Waals surface area (Å²) in [5.41, 5.74) is 2.45. The predicted molar refractivity (Wildman–Crippen MR) is 64.9 cm³/mol. The van der Waals surface area contributed by atoms with E-state index in [2.05, 4.69) is 46.0 Å². The van der Waals surface area contributed by atoms with Crippen molar-refractivity contribution in [3.8, 4) is 5.75 Å². The first-order valence-corrected chi connectivity index (χ1v) is 6.42. The molecule has 1 N–H and O–H groups in total. The Labute approximate surface area is 100 Å². The van der Waals surface area contributed by atoms with Crippen molar-refractivity contribution in [1.82, 2.24) is 4.98 Å². The molecule has 3 rings (SSSR count). The number of hydrogen-bond donors (Lipinski definition) is 1. The third kappa shape index (κ3) is 1.52. The Morgan fingerprint density at radius 2 is 2.40 bits per heavy atom. The molecule has 2 nitrogen and oxygen atoms in total. The molecule has 0 saturated heterocycles. The maximum Gasteiger partial charge on any atom is 0.135 e. The van der Waals surface area contributed by atoms with Crippen LogP contribution >= 0.6 is 27.3 Å². The Balaban J connectivity index is 2.02. The van der Waals surface area contributed by atoms with E-state index >= 15 is 0 Å². The lowest BCUT2D eigenvalue weighted by molar-refractivity contribution is 0.341. The maximum absolute atomic E-state index is 5.66. The molecule has 0 fully saturated rings. The van der Waals surface area contributed by atoms with Gasteiger partial charge in [-0.05, 0) is 35.0 Å². The Morgan fingerprint density at radius 1 is 1.53 bits per heavy atom. The topological polar surface area (TPSA) is 25.0 Å². The van der Waals surface area contributed by atoms with Gasteiger partial charge in [0.25, 0.3) is 0 Å². The lowest BCUT2D eigenvalue weighted by atomic mass is 10.1. The highest BCUT2D eigenvalue weighted by Crippen LogP contribution is 2.45. The molecule has 2 aromatic rings. The third-order valence-electron chi connectivity index (χ3n) is 2.65. The zero-order valence-corrected chi connectivity index (χ0v) is 10.6. The van der Waals surface area contributed by atoms with Crippen LogP contribution in [0.3, 0.4) is 0 Å². The number of ether oxygens (including phenoxy) is 1. The van der Waals surface area contributed by atoms with Gasteiger partial charge in [0.2, 0.25) is 0 Å². The van der Waals surface area contributed by atoms with E-state index in [1.54, 1.807) is 11.3 Å². The minimum atomic E-state index is 0.380. The first-order valence-electron chi connectivity index (χ1n) is 4.81. The number of fused-ring (bicyclic) bond motifs is 1. The number of halogens is 1. The SMILES string of the molecule is Cc1ccc(C2COc3cc(Br)sc32)[nH]1. The molecule has 78 valence electrons. The van der Waals surface area contributed by atoms with Gasteiger partial charge in [0.15, 0.2) is 0 Å². The molecule has 4 heteroatoms. The molecule has 2 aromatic heterocycles. The van der Waals surface area contributed by atoms with Crippen molar-refractivity contribution in [3.63, 3.8) is 0 Å². The molecule has 0 radical (unpaired) electrons. The average molecular weight is 284 g/mol. The summed E-state index contributed by atoms with van der Waals surface area (Å²) in [6, 6.07) is 6.30. The van der Waals surface area contributed by atoms with Crippen LogP contribution in [0.2, 0.25) is 0 Å². The van der Waals surface area contributed by atoms with E-state index in [1.165, 1.54) is 16.3 Å². The Kier molecular flexibility index (Phi) is 2.14. The molecule has 1 atom stereocenters. The Hall–Kier alpha value is -0.740. The molecular formula is C11H10BrNOS. The van der Waals surface area contributed by atoms with Crippen LogP contribution in [-0.2, 0) is 0 Å². The second-order valence-corrected chi connectivity index (χ2v) is 6.20. The van der Waals surface area contributed by atoms with Gasteiger partial charge >= 0.3 is 0 Å². The number of aryl methyl sites for hydroxylation is 1. The average Bonchev–Trinajstić information content (AvgIpc) is 2.80. The van der Waals surface area contributed by atoms with Gasteiger partial charge < -0.3 is 9.72 Å². The lowest BCUT2D eigenvalue weighted by Crippen LogP contribution is -2.02. The summed E-state index contributed by atoms with van der Waals surface area (Å²) >= 11 is 5.25. The van der Waals surface area contributed by atoms with Gasteiger partial charge in [-0.25, -0.2) is 0 Å². The summed E-state index contributed by atoms with van der Waals surface area (Å²) in [5.74, 6) is 1.41. The molecule has 3 heterocycles. The molecule has 1 aliphatic heterocycles. The van der Waals surface area contributed by atoms with E-state index in [0.717, 1.165) is 16.1 Å². The van der Waals surface area contributed by atoms with E-state index in [0.29, 0.717) is 5.92 Å². The van der Waals surface area contributed by atoms with E-state index in [1.807, 2.05) is 0 Å². The smallest absolute Gasteiger partial charge is 0.135 e. The van der Waals surface area contributed by atoms with Gasteiger partial charge in [-0.3, -0.25) is 0 Å². The molecule has 0 aromatic carbocycles. The van der Waals surface area contributed by atoms with Crippen LogP contribution in [0.25, 0.3) is 0 Å². The summed E-state index contributed by atoms with van der Waals surface area (Å²) in [6.07, 6.45) is 0. The minimum Gasteiger partial charge on any atom is -0.491 e. The fraction of sp³-hybridized carbons (Fsp3) is 0.273. The third-order valence-corrected chi connectivity index (χ3v) is 4.38. The van der Waals surface area contributed by atoms with Crippen molar-refractivity contribution < 1.29 is 4.74 Å². The van der Waals surface area contributed by atoms with E-state index in [-0.39, 0.29) is 0 Å². The minimum absolute atomic E-state index is 0.380. The van der Waals surface area contributed by atoms with Crippen LogP contribution in [0, 0.1) is 6.92 Å². The van der Waals surface area contributed by atoms with Crippen LogP contribution in [0.5, 0.6) is 5.75 Å². The molecule has 0 bridgehead atoms. The zero-order chi connectivity index (χ0) is 10.4. The summed E-state index contributed by atoms with van der Waals surface area (Å²) in [7, 11) is 0. The van der Waals surface area contributed by atoms with Crippen LogP contribution in [-0.4, -0.2) is 11.6 Å². The Morgan fingerprint density at radius 3 is 3.13 bits per heavy atom. The highest BCUT2D eigenvalue weighted by molar-refractivity contribution is 9.11. The van der Waals surface area contributed by atoms with Crippen LogP contribution in [0.15, 0.2) is 22.0 Å². The summed E-state index contributed by atoms with van der Waals surface area (Å²) in [5, 5.41) is 0. The second kappa shape index (κ2) is 3.39. The highest BCUT2D eigenvalue weighted by Gasteiger charge is 2.29. The van der Waals surface area contributed by atoms with E-state index in [4.69, 9.17) is 4.74 Å².